The number of hydrogen-bond acceptors (Lipinski definition) is 5. The van der Waals surface area contributed by atoms with E-state index in [1.807, 2.05) is 0 Å². The second kappa shape index (κ2) is 5.57. The van der Waals surface area contributed by atoms with Crippen molar-refractivity contribution in [1.82, 2.24) is 9.03 Å². The zero-order chi connectivity index (χ0) is 16.0. The Bertz CT molecular complexity index is 755. The predicted molar refractivity (Wildman–Crippen MR) is 81.1 cm³/mol. The second-order valence-electron chi connectivity index (χ2n) is 5.78. The van der Waals surface area contributed by atoms with E-state index in [9.17, 15) is 16.8 Å². The van der Waals surface area contributed by atoms with Crippen LogP contribution in [-0.2, 0) is 20.0 Å². The highest BCUT2D eigenvalue weighted by molar-refractivity contribution is 7.89. The summed E-state index contributed by atoms with van der Waals surface area (Å²) in [5.41, 5.74) is 5.74. The van der Waals surface area contributed by atoms with Gasteiger partial charge in [-0.15, -0.1) is 0 Å². The maximum absolute atomic E-state index is 12.4. The predicted octanol–water partition coefficient (Wildman–Crippen LogP) is -0.151. The van der Waals surface area contributed by atoms with Gasteiger partial charge < -0.3 is 5.73 Å². The Labute approximate surface area is 130 Å². The lowest BCUT2D eigenvalue weighted by molar-refractivity contribution is 0.472. The number of nitrogens with two attached hydrogens (primary N) is 1. The summed E-state index contributed by atoms with van der Waals surface area (Å²) in [7, 11) is -7.17. The molecule has 1 saturated carbocycles. The highest BCUT2D eigenvalue weighted by Gasteiger charge is 2.32. The Morgan fingerprint density at radius 2 is 1.59 bits per heavy atom. The van der Waals surface area contributed by atoms with Gasteiger partial charge in [-0.25, -0.2) is 21.6 Å². The van der Waals surface area contributed by atoms with Crippen LogP contribution < -0.4 is 10.5 Å². The molecule has 2 aliphatic rings. The first-order valence-corrected chi connectivity index (χ1v) is 10.1. The molecule has 3 rings (SSSR count). The average Bonchev–Trinajstić information content (AvgIpc) is 3.15. The highest BCUT2D eigenvalue weighted by atomic mass is 32.2. The van der Waals surface area contributed by atoms with Crippen molar-refractivity contribution in [2.45, 2.75) is 41.1 Å². The van der Waals surface area contributed by atoms with E-state index in [1.54, 1.807) is 0 Å². The zero-order valence-corrected chi connectivity index (χ0v) is 13.6. The standard InChI is InChI=1S/C13H19N3O4S2/c14-10-7-8-16(9-10)22(19,20)13-5-3-12(4-6-13)21(17,18)15-11-1-2-11/h3-6,10-11,15H,1-2,7-9,14H2/t10-/m1/s1. The second-order valence-corrected chi connectivity index (χ2v) is 9.43. The number of nitrogens with one attached hydrogen (secondary N) is 1. The van der Waals surface area contributed by atoms with Crippen LogP contribution in [0.15, 0.2) is 34.1 Å². The lowest BCUT2D eigenvalue weighted by atomic mass is 10.3. The van der Waals surface area contributed by atoms with Gasteiger partial charge in [0.1, 0.15) is 0 Å². The van der Waals surface area contributed by atoms with Crippen LogP contribution in [0.1, 0.15) is 19.3 Å². The number of nitrogens with zero attached hydrogens (tertiary/aromatic N) is 1. The molecule has 0 spiro atoms. The molecule has 0 amide bonds. The van der Waals surface area contributed by atoms with Crippen LogP contribution in [0.2, 0.25) is 0 Å². The Kier molecular flexibility index (Phi) is 4.02. The van der Waals surface area contributed by atoms with E-state index in [0.717, 1.165) is 12.8 Å². The number of benzene rings is 1. The summed E-state index contributed by atoms with van der Waals surface area (Å²) in [6.45, 7) is 0.693. The van der Waals surface area contributed by atoms with Crippen molar-refractivity contribution in [3.05, 3.63) is 24.3 Å². The lowest BCUT2D eigenvalue weighted by Gasteiger charge is -2.16. The van der Waals surface area contributed by atoms with Crippen LogP contribution in [0.25, 0.3) is 0 Å². The molecule has 1 aliphatic heterocycles. The monoisotopic (exact) mass is 345 g/mol. The van der Waals surface area contributed by atoms with Gasteiger partial charge in [-0.05, 0) is 43.5 Å². The third-order valence-electron chi connectivity index (χ3n) is 3.86. The van der Waals surface area contributed by atoms with Gasteiger partial charge in [0.15, 0.2) is 0 Å². The van der Waals surface area contributed by atoms with Crippen molar-refractivity contribution in [3.63, 3.8) is 0 Å². The van der Waals surface area contributed by atoms with Crippen LogP contribution >= 0.6 is 0 Å². The molecule has 1 heterocycles. The van der Waals surface area contributed by atoms with E-state index < -0.39 is 20.0 Å². The summed E-state index contributed by atoms with van der Waals surface area (Å²) in [6, 6.07) is 5.19. The average molecular weight is 345 g/mol. The molecule has 1 aliphatic carbocycles. The summed E-state index contributed by atoms with van der Waals surface area (Å²) in [6.07, 6.45) is 2.33. The molecule has 7 nitrogen and oxygen atoms in total. The fourth-order valence-corrected chi connectivity index (χ4v) is 5.22. The van der Waals surface area contributed by atoms with E-state index in [2.05, 4.69) is 4.72 Å². The van der Waals surface area contributed by atoms with Crippen molar-refractivity contribution >= 4 is 20.0 Å². The maximum Gasteiger partial charge on any atom is 0.243 e. The van der Waals surface area contributed by atoms with Crippen molar-refractivity contribution in [2.75, 3.05) is 13.1 Å². The largest absolute Gasteiger partial charge is 0.326 e. The first kappa shape index (κ1) is 15.9. The summed E-state index contributed by atoms with van der Waals surface area (Å²) in [4.78, 5) is 0.170. The SMILES string of the molecule is N[C@@H]1CCN(S(=O)(=O)c2ccc(S(=O)(=O)NC3CC3)cc2)C1. The summed E-state index contributed by atoms with van der Waals surface area (Å²) in [5, 5.41) is 0. The van der Waals surface area contributed by atoms with Crippen molar-refractivity contribution in [2.24, 2.45) is 5.73 Å². The Morgan fingerprint density at radius 3 is 2.09 bits per heavy atom. The minimum absolute atomic E-state index is 0.0134. The van der Waals surface area contributed by atoms with Gasteiger partial charge in [-0.1, -0.05) is 0 Å². The van der Waals surface area contributed by atoms with E-state index in [-0.39, 0.29) is 21.9 Å². The molecule has 1 aromatic carbocycles. The van der Waals surface area contributed by atoms with Crippen molar-refractivity contribution in [3.8, 4) is 0 Å². The molecule has 1 saturated heterocycles. The normalized spacial score (nSPS) is 23.8. The number of sulfonamides is 2. The van der Waals surface area contributed by atoms with Gasteiger partial charge >= 0.3 is 0 Å². The van der Waals surface area contributed by atoms with Gasteiger partial charge in [-0.2, -0.15) is 4.31 Å². The topological polar surface area (TPSA) is 110 Å². The molecule has 3 N–H and O–H groups in total. The van der Waals surface area contributed by atoms with Crippen LogP contribution in [0.3, 0.4) is 0 Å². The molecule has 0 bridgehead atoms. The third kappa shape index (κ3) is 3.18. The Hall–Kier alpha value is -1.00. The lowest BCUT2D eigenvalue weighted by Crippen LogP contribution is -2.32. The van der Waals surface area contributed by atoms with Gasteiger partial charge in [0.25, 0.3) is 0 Å². The Morgan fingerprint density at radius 1 is 1.00 bits per heavy atom. The van der Waals surface area contributed by atoms with Gasteiger partial charge in [0.2, 0.25) is 20.0 Å². The summed E-state index contributed by atoms with van der Waals surface area (Å²) < 4.78 is 52.9. The first-order valence-electron chi connectivity index (χ1n) is 7.17. The van der Waals surface area contributed by atoms with E-state index >= 15 is 0 Å². The van der Waals surface area contributed by atoms with E-state index in [4.69, 9.17) is 5.73 Å². The molecule has 0 radical (unpaired) electrons. The van der Waals surface area contributed by atoms with Crippen LogP contribution in [0.5, 0.6) is 0 Å². The maximum atomic E-state index is 12.4. The number of hydrogen-bond donors (Lipinski definition) is 2. The molecule has 0 aromatic heterocycles. The molecule has 22 heavy (non-hydrogen) atoms. The molecule has 0 unspecified atom stereocenters. The van der Waals surface area contributed by atoms with Crippen molar-refractivity contribution < 1.29 is 16.8 Å². The summed E-state index contributed by atoms with van der Waals surface area (Å²) >= 11 is 0. The first-order chi connectivity index (χ1) is 10.3. The third-order valence-corrected chi connectivity index (χ3v) is 7.27. The van der Waals surface area contributed by atoms with E-state index in [1.165, 1.54) is 28.6 Å². The Balaban J connectivity index is 1.81. The molecular weight excluding hydrogens is 326 g/mol. The molecule has 122 valence electrons. The smallest absolute Gasteiger partial charge is 0.243 e. The zero-order valence-electron chi connectivity index (χ0n) is 12.0. The van der Waals surface area contributed by atoms with Gasteiger partial charge in [0, 0.05) is 25.2 Å². The minimum Gasteiger partial charge on any atom is -0.326 e. The van der Waals surface area contributed by atoms with Gasteiger partial charge in [-0.3, -0.25) is 0 Å². The van der Waals surface area contributed by atoms with E-state index in [0.29, 0.717) is 19.5 Å². The molecule has 9 heteroatoms. The number of rotatable bonds is 5. The molecule has 2 fully saturated rings. The minimum atomic E-state index is -3.61. The van der Waals surface area contributed by atoms with Gasteiger partial charge in [0.05, 0.1) is 9.79 Å². The van der Waals surface area contributed by atoms with Crippen LogP contribution in [0.4, 0.5) is 0 Å². The van der Waals surface area contributed by atoms with Crippen LogP contribution in [-0.4, -0.2) is 46.3 Å². The highest BCUT2D eigenvalue weighted by Crippen LogP contribution is 2.24. The summed E-state index contributed by atoms with van der Waals surface area (Å²) in [5.74, 6) is 0. The molecule has 1 atom stereocenters. The van der Waals surface area contributed by atoms with Crippen molar-refractivity contribution in [1.29, 1.82) is 0 Å². The quantitative estimate of drug-likeness (QED) is 0.771. The fraction of sp³-hybridized carbons (Fsp3) is 0.538. The van der Waals surface area contributed by atoms with Crippen LogP contribution in [0, 0.1) is 0 Å². The fourth-order valence-electron chi connectivity index (χ4n) is 2.40. The molecule has 1 aromatic rings. The molecular formula is C13H19N3O4S2.